The zero-order valence-electron chi connectivity index (χ0n) is 15.9. The second-order valence-electron chi connectivity index (χ2n) is 6.84. The average Bonchev–Trinajstić information content (AvgIpc) is 3.01. The Bertz CT molecular complexity index is 979. The summed E-state index contributed by atoms with van der Waals surface area (Å²) < 4.78 is 11.3. The zero-order chi connectivity index (χ0) is 19.6. The van der Waals surface area contributed by atoms with E-state index in [1.54, 1.807) is 0 Å². The molecule has 0 fully saturated rings. The van der Waals surface area contributed by atoms with E-state index in [0.717, 1.165) is 16.5 Å². The fourth-order valence-electron chi connectivity index (χ4n) is 3.11. The van der Waals surface area contributed by atoms with Gasteiger partial charge in [0.25, 0.3) is 11.6 Å². The number of rotatable bonds is 6. The first-order valence-electron chi connectivity index (χ1n) is 8.83. The van der Waals surface area contributed by atoms with Crippen molar-refractivity contribution in [3.8, 4) is 11.8 Å². The zero-order valence-corrected chi connectivity index (χ0v) is 15.9. The highest BCUT2D eigenvalue weighted by Gasteiger charge is 2.28. The summed E-state index contributed by atoms with van der Waals surface area (Å²) in [7, 11) is 1.44. The largest absolute Gasteiger partial charge is 0.616 e. The standard InChI is InChI=1S/C20H23N3O4/c1-12(2)9-18-19(27-13(3)24)22-17(20(26-4)23(18)25)10-14-11-21-16-8-6-5-7-15(14)16/h5-8,11-12,21H,9-10H2,1-4H3. The van der Waals surface area contributed by atoms with E-state index in [4.69, 9.17) is 9.47 Å². The van der Waals surface area contributed by atoms with Gasteiger partial charge in [0, 0.05) is 36.9 Å². The number of fused-ring (bicyclic) bond motifs is 1. The van der Waals surface area contributed by atoms with E-state index in [2.05, 4.69) is 9.97 Å². The maximum atomic E-state index is 12.9. The Balaban J connectivity index is 2.10. The number of carbonyl (C=O) groups is 1. The summed E-state index contributed by atoms with van der Waals surface area (Å²) in [6.45, 7) is 5.24. The summed E-state index contributed by atoms with van der Waals surface area (Å²) in [5, 5.41) is 13.9. The Kier molecular flexibility index (Phi) is 5.30. The van der Waals surface area contributed by atoms with Gasteiger partial charge in [-0.15, -0.1) is 4.73 Å². The monoisotopic (exact) mass is 369 g/mol. The van der Waals surface area contributed by atoms with Crippen molar-refractivity contribution in [2.45, 2.75) is 33.6 Å². The third kappa shape index (κ3) is 3.86. The molecule has 0 radical (unpaired) electrons. The molecule has 0 amide bonds. The maximum absolute atomic E-state index is 12.9. The lowest BCUT2D eigenvalue weighted by molar-refractivity contribution is -0.622. The number of hydrogen-bond donors (Lipinski definition) is 1. The minimum absolute atomic E-state index is 0.0434. The number of hydrogen-bond acceptors (Lipinski definition) is 5. The van der Waals surface area contributed by atoms with Gasteiger partial charge in [-0.05, 0) is 17.5 Å². The van der Waals surface area contributed by atoms with Crippen LogP contribution < -0.4 is 14.2 Å². The SMILES string of the molecule is COc1c(Cc2c[nH]c3ccccc23)nc(OC(C)=O)c(CC(C)C)[n+]1[O-]. The third-order valence-corrected chi connectivity index (χ3v) is 4.23. The fraction of sp³-hybridized carbons (Fsp3) is 0.350. The van der Waals surface area contributed by atoms with Crippen molar-refractivity contribution < 1.29 is 19.0 Å². The van der Waals surface area contributed by atoms with Gasteiger partial charge < -0.3 is 19.7 Å². The van der Waals surface area contributed by atoms with Crippen molar-refractivity contribution in [2.75, 3.05) is 7.11 Å². The number of aromatic nitrogens is 3. The molecule has 0 aliphatic heterocycles. The number of nitrogens with zero attached hydrogens (tertiary/aromatic N) is 2. The molecule has 0 saturated heterocycles. The van der Waals surface area contributed by atoms with Gasteiger partial charge in [-0.25, -0.2) is 4.98 Å². The molecule has 2 aromatic heterocycles. The number of esters is 1. The Morgan fingerprint density at radius 3 is 2.74 bits per heavy atom. The summed E-state index contributed by atoms with van der Waals surface area (Å²) in [6.07, 6.45) is 2.67. The molecule has 0 saturated carbocycles. The van der Waals surface area contributed by atoms with Crippen LogP contribution in [-0.2, 0) is 17.6 Å². The van der Waals surface area contributed by atoms with E-state index in [9.17, 15) is 10.0 Å². The van der Waals surface area contributed by atoms with Crippen LogP contribution >= 0.6 is 0 Å². The molecular weight excluding hydrogens is 346 g/mol. The molecule has 2 heterocycles. The number of aromatic amines is 1. The average molecular weight is 369 g/mol. The van der Waals surface area contributed by atoms with E-state index >= 15 is 0 Å². The van der Waals surface area contributed by atoms with Gasteiger partial charge in [0.2, 0.25) is 0 Å². The Labute approximate surface area is 157 Å². The third-order valence-electron chi connectivity index (χ3n) is 4.23. The molecule has 1 aromatic carbocycles. The molecule has 142 valence electrons. The number of carbonyl (C=O) groups excluding carboxylic acids is 1. The lowest BCUT2D eigenvalue weighted by Gasteiger charge is -2.15. The molecule has 27 heavy (non-hydrogen) atoms. The topological polar surface area (TPSA) is 91.2 Å². The van der Waals surface area contributed by atoms with Crippen molar-refractivity contribution in [1.82, 2.24) is 9.97 Å². The van der Waals surface area contributed by atoms with Crippen molar-refractivity contribution in [3.63, 3.8) is 0 Å². The number of ether oxygens (including phenoxy) is 2. The van der Waals surface area contributed by atoms with Crippen molar-refractivity contribution in [2.24, 2.45) is 5.92 Å². The molecule has 0 aliphatic rings. The van der Waals surface area contributed by atoms with Gasteiger partial charge >= 0.3 is 11.8 Å². The molecule has 0 aliphatic carbocycles. The highest BCUT2D eigenvalue weighted by atomic mass is 16.6. The second kappa shape index (κ2) is 7.65. The minimum Gasteiger partial charge on any atom is -0.616 e. The summed E-state index contributed by atoms with van der Waals surface area (Å²) >= 11 is 0. The Hall–Kier alpha value is -3.09. The van der Waals surface area contributed by atoms with Crippen LogP contribution in [0.4, 0.5) is 0 Å². The highest BCUT2D eigenvalue weighted by Crippen LogP contribution is 2.26. The second-order valence-corrected chi connectivity index (χ2v) is 6.84. The van der Waals surface area contributed by atoms with Crippen LogP contribution in [0.25, 0.3) is 10.9 Å². The molecule has 1 N–H and O–H groups in total. The van der Waals surface area contributed by atoms with Gasteiger partial charge in [0.05, 0.1) is 7.11 Å². The Morgan fingerprint density at radius 1 is 1.33 bits per heavy atom. The van der Waals surface area contributed by atoms with Gasteiger partial charge in [0.1, 0.15) is 0 Å². The van der Waals surface area contributed by atoms with Crippen LogP contribution in [0.3, 0.4) is 0 Å². The van der Waals surface area contributed by atoms with Crippen molar-refractivity contribution in [1.29, 1.82) is 0 Å². The Morgan fingerprint density at radius 2 is 2.07 bits per heavy atom. The van der Waals surface area contributed by atoms with Crippen LogP contribution in [0.15, 0.2) is 30.5 Å². The number of H-pyrrole nitrogens is 1. The lowest BCUT2D eigenvalue weighted by Crippen LogP contribution is -2.37. The molecule has 7 heteroatoms. The number of benzene rings is 1. The first-order valence-corrected chi connectivity index (χ1v) is 8.83. The van der Waals surface area contributed by atoms with Gasteiger partial charge in [-0.1, -0.05) is 32.0 Å². The minimum atomic E-state index is -0.518. The summed E-state index contributed by atoms with van der Waals surface area (Å²) in [5.74, 6) is -0.171. The first kappa shape index (κ1) is 18.7. The normalized spacial score (nSPS) is 11.1. The van der Waals surface area contributed by atoms with Crippen LogP contribution in [0.1, 0.15) is 37.7 Å². The smallest absolute Gasteiger partial charge is 0.402 e. The first-order chi connectivity index (χ1) is 12.9. The van der Waals surface area contributed by atoms with Gasteiger partial charge in [0.15, 0.2) is 5.69 Å². The number of methoxy groups -OCH3 is 1. The highest BCUT2D eigenvalue weighted by molar-refractivity contribution is 5.83. The van der Waals surface area contributed by atoms with Gasteiger partial charge in [-0.2, -0.15) is 0 Å². The molecule has 0 atom stereocenters. The molecule has 3 rings (SSSR count). The summed E-state index contributed by atoms with van der Waals surface area (Å²) in [6, 6.07) is 7.88. The molecule has 0 spiro atoms. The van der Waals surface area contributed by atoms with Crippen LogP contribution in [-0.4, -0.2) is 23.0 Å². The van der Waals surface area contributed by atoms with E-state index in [1.807, 2.05) is 44.3 Å². The molecule has 7 nitrogen and oxygen atoms in total. The van der Waals surface area contributed by atoms with Gasteiger partial charge in [-0.3, -0.25) is 4.79 Å². The molecule has 0 bridgehead atoms. The summed E-state index contributed by atoms with van der Waals surface area (Å²) in [5.41, 5.74) is 2.68. The lowest BCUT2D eigenvalue weighted by atomic mass is 10.1. The van der Waals surface area contributed by atoms with E-state index < -0.39 is 5.97 Å². The van der Waals surface area contributed by atoms with Crippen LogP contribution in [0, 0.1) is 11.1 Å². The van der Waals surface area contributed by atoms with E-state index in [1.165, 1.54) is 14.0 Å². The quantitative estimate of drug-likeness (QED) is 0.410. The maximum Gasteiger partial charge on any atom is 0.402 e. The fourth-order valence-corrected chi connectivity index (χ4v) is 3.11. The number of nitrogens with one attached hydrogen (secondary N) is 1. The molecule has 0 unspecified atom stereocenters. The van der Waals surface area contributed by atoms with Crippen LogP contribution in [0.2, 0.25) is 0 Å². The molecular formula is C20H23N3O4. The van der Waals surface area contributed by atoms with Crippen molar-refractivity contribution in [3.05, 3.63) is 52.6 Å². The molecule has 3 aromatic rings. The summed E-state index contributed by atoms with van der Waals surface area (Å²) in [4.78, 5) is 19.2. The van der Waals surface area contributed by atoms with E-state index in [-0.39, 0.29) is 17.7 Å². The van der Waals surface area contributed by atoms with Crippen LogP contribution in [0.5, 0.6) is 11.8 Å². The van der Waals surface area contributed by atoms with E-state index in [0.29, 0.717) is 29.0 Å². The predicted molar refractivity (Wildman–Crippen MR) is 101 cm³/mol. The van der Waals surface area contributed by atoms with Crippen molar-refractivity contribution >= 4 is 16.9 Å². The number of para-hydroxylation sites is 1. The predicted octanol–water partition coefficient (Wildman–Crippen LogP) is 2.92.